The Labute approximate surface area is 98.1 Å². The molecule has 0 aliphatic carbocycles. The van der Waals surface area contributed by atoms with Gasteiger partial charge in [-0.15, -0.1) is 0 Å². The molecule has 0 saturated heterocycles. The van der Waals surface area contributed by atoms with E-state index < -0.39 is 0 Å². The minimum atomic E-state index is 1.22. The van der Waals surface area contributed by atoms with Crippen molar-refractivity contribution in [1.29, 1.82) is 0 Å². The van der Waals surface area contributed by atoms with Gasteiger partial charge in [-0.3, -0.25) is 0 Å². The Kier molecular flexibility index (Phi) is 3.66. The second-order valence-electron chi connectivity index (χ2n) is 4.58. The molecule has 0 N–H and O–H groups in total. The van der Waals surface area contributed by atoms with E-state index in [0.717, 1.165) is 0 Å². The van der Waals surface area contributed by atoms with Crippen molar-refractivity contribution in [2.75, 3.05) is 0 Å². The summed E-state index contributed by atoms with van der Waals surface area (Å²) in [7, 11) is 0. The van der Waals surface area contributed by atoms with Crippen LogP contribution in [-0.4, -0.2) is 4.40 Å². The maximum Gasteiger partial charge on any atom is 0.0484 e. The maximum atomic E-state index is 2.33. The summed E-state index contributed by atoms with van der Waals surface area (Å²) in [6.45, 7) is 4.44. The molecule has 16 heavy (non-hydrogen) atoms. The number of aromatic nitrogens is 1. The van der Waals surface area contributed by atoms with E-state index in [1.165, 1.54) is 48.9 Å². The van der Waals surface area contributed by atoms with Crippen molar-refractivity contribution < 1.29 is 0 Å². The lowest BCUT2D eigenvalue weighted by molar-refractivity contribution is 0.668. The molecule has 0 unspecified atom stereocenters. The highest BCUT2D eigenvalue weighted by Crippen LogP contribution is 2.18. The van der Waals surface area contributed by atoms with Crippen LogP contribution in [0.15, 0.2) is 30.5 Å². The summed E-state index contributed by atoms with van der Waals surface area (Å²) in [5, 5.41) is 0. The molecule has 0 fully saturated rings. The standard InChI is InChI=1S/C15H21N/c1-3-4-5-6-9-14-12-13(2)16-11-8-7-10-15(14)16/h7-8,10-12H,3-6,9H2,1-2H3. The minimum absolute atomic E-state index is 1.22. The van der Waals surface area contributed by atoms with E-state index >= 15 is 0 Å². The van der Waals surface area contributed by atoms with Crippen LogP contribution in [0.2, 0.25) is 0 Å². The Morgan fingerprint density at radius 3 is 2.81 bits per heavy atom. The van der Waals surface area contributed by atoms with Gasteiger partial charge in [0.05, 0.1) is 0 Å². The highest BCUT2D eigenvalue weighted by molar-refractivity contribution is 5.57. The molecule has 0 aliphatic rings. The number of nitrogens with zero attached hydrogens (tertiary/aromatic N) is 1. The van der Waals surface area contributed by atoms with E-state index in [0.29, 0.717) is 0 Å². The molecular formula is C15H21N. The highest BCUT2D eigenvalue weighted by Gasteiger charge is 2.04. The van der Waals surface area contributed by atoms with Crippen LogP contribution in [0, 0.1) is 6.92 Å². The van der Waals surface area contributed by atoms with Crippen molar-refractivity contribution in [3.05, 3.63) is 41.7 Å². The van der Waals surface area contributed by atoms with E-state index in [2.05, 4.69) is 48.7 Å². The third-order valence-corrected chi connectivity index (χ3v) is 3.25. The van der Waals surface area contributed by atoms with Gasteiger partial charge in [0, 0.05) is 17.4 Å². The van der Waals surface area contributed by atoms with E-state index in [4.69, 9.17) is 0 Å². The summed E-state index contributed by atoms with van der Waals surface area (Å²) in [4.78, 5) is 0. The molecule has 2 heterocycles. The van der Waals surface area contributed by atoms with Crippen molar-refractivity contribution in [1.82, 2.24) is 4.40 Å². The molecule has 2 aromatic heterocycles. The Balaban J connectivity index is 2.12. The average Bonchev–Trinajstić information content (AvgIpc) is 2.63. The number of aryl methyl sites for hydroxylation is 2. The van der Waals surface area contributed by atoms with E-state index in [9.17, 15) is 0 Å². The molecule has 2 rings (SSSR count). The van der Waals surface area contributed by atoms with Gasteiger partial charge in [-0.05, 0) is 43.5 Å². The van der Waals surface area contributed by atoms with Crippen LogP contribution in [0.4, 0.5) is 0 Å². The van der Waals surface area contributed by atoms with Crippen molar-refractivity contribution in [3.63, 3.8) is 0 Å². The fourth-order valence-electron chi connectivity index (χ4n) is 2.35. The minimum Gasteiger partial charge on any atom is -0.321 e. The molecule has 0 atom stereocenters. The quantitative estimate of drug-likeness (QED) is 0.652. The van der Waals surface area contributed by atoms with Crippen LogP contribution >= 0.6 is 0 Å². The number of hydrogen-bond acceptors (Lipinski definition) is 0. The Hall–Kier alpha value is -1.24. The SMILES string of the molecule is CCCCCCc1cc(C)n2ccccc12. The van der Waals surface area contributed by atoms with E-state index in [1.54, 1.807) is 0 Å². The lowest BCUT2D eigenvalue weighted by Gasteiger charge is -2.00. The van der Waals surface area contributed by atoms with Crippen LogP contribution in [0.25, 0.3) is 5.52 Å². The molecule has 1 nitrogen and oxygen atoms in total. The predicted molar refractivity (Wildman–Crippen MR) is 70.0 cm³/mol. The van der Waals surface area contributed by atoms with Gasteiger partial charge in [0.1, 0.15) is 0 Å². The first-order chi connectivity index (χ1) is 7.83. The Morgan fingerprint density at radius 2 is 2.00 bits per heavy atom. The third kappa shape index (κ3) is 2.29. The average molecular weight is 215 g/mol. The van der Waals surface area contributed by atoms with Crippen molar-refractivity contribution in [3.8, 4) is 0 Å². The Morgan fingerprint density at radius 1 is 1.12 bits per heavy atom. The molecule has 0 spiro atoms. The summed E-state index contributed by atoms with van der Waals surface area (Å²) < 4.78 is 2.29. The van der Waals surface area contributed by atoms with Crippen molar-refractivity contribution in [2.45, 2.75) is 46.0 Å². The molecule has 0 aromatic carbocycles. The van der Waals surface area contributed by atoms with Crippen LogP contribution in [-0.2, 0) is 6.42 Å². The zero-order chi connectivity index (χ0) is 11.4. The van der Waals surface area contributed by atoms with Crippen LogP contribution in [0.3, 0.4) is 0 Å². The summed E-state index contributed by atoms with van der Waals surface area (Å²) in [6.07, 6.45) is 8.74. The number of pyridine rings is 1. The van der Waals surface area contributed by atoms with Gasteiger partial charge in [0.15, 0.2) is 0 Å². The van der Waals surface area contributed by atoms with Gasteiger partial charge in [-0.25, -0.2) is 0 Å². The summed E-state index contributed by atoms with van der Waals surface area (Å²) in [6, 6.07) is 8.79. The monoisotopic (exact) mass is 215 g/mol. The van der Waals surface area contributed by atoms with E-state index in [1.807, 2.05) is 0 Å². The van der Waals surface area contributed by atoms with Crippen molar-refractivity contribution >= 4 is 5.52 Å². The third-order valence-electron chi connectivity index (χ3n) is 3.25. The molecule has 2 aromatic rings. The van der Waals surface area contributed by atoms with Gasteiger partial charge in [-0.2, -0.15) is 0 Å². The topological polar surface area (TPSA) is 4.41 Å². The zero-order valence-electron chi connectivity index (χ0n) is 10.4. The molecular weight excluding hydrogens is 194 g/mol. The number of unbranched alkanes of at least 4 members (excludes halogenated alkanes) is 3. The lowest BCUT2D eigenvalue weighted by atomic mass is 10.1. The lowest BCUT2D eigenvalue weighted by Crippen LogP contribution is -1.87. The van der Waals surface area contributed by atoms with Gasteiger partial charge in [0.2, 0.25) is 0 Å². The number of rotatable bonds is 5. The number of fused-ring (bicyclic) bond motifs is 1. The molecule has 0 aliphatic heterocycles. The molecule has 86 valence electrons. The van der Waals surface area contributed by atoms with Gasteiger partial charge >= 0.3 is 0 Å². The first-order valence-electron chi connectivity index (χ1n) is 6.38. The van der Waals surface area contributed by atoms with Crippen molar-refractivity contribution in [2.24, 2.45) is 0 Å². The first-order valence-corrected chi connectivity index (χ1v) is 6.38. The normalized spacial score (nSPS) is 11.1. The molecule has 0 radical (unpaired) electrons. The van der Waals surface area contributed by atoms with Crippen LogP contribution in [0.5, 0.6) is 0 Å². The van der Waals surface area contributed by atoms with Crippen LogP contribution < -0.4 is 0 Å². The first kappa shape index (κ1) is 11.3. The second-order valence-corrected chi connectivity index (χ2v) is 4.58. The smallest absolute Gasteiger partial charge is 0.0484 e. The molecule has 0 saturated carbocycles. The van der Waals surface area contributed by atoms with Gasteiger partial charge in [0.25, 0.3) is 0 Å². The largest absolute Gasteiger partial charge is 0.321 e. The predicted octanol–water partition coefficient (Wildman–Crippen LogP) is 4.37. The fourth-order valence-corrected chi connectivity index (χ4v) is 2.35. The molecule has 0 amide bonds. The number of hydrogen-bond donors (Lipinski definition) is 0. The highest BCUT2D eigenvalue weighted by atomic mass is 14.9. The van der Waals surface area contributed by atoms with Gasteiger partial charge < -0.3 is 4.40 Å². The summed E-state index contributed by atoms with van der Waals surface area (Å²) in [5.41, 5.74) is 4.24. The second kappa shape index (κ2) is 5.20. The molecule has 0 bridgehead atoms. The zero-order valence-corrected chi connectivity index (χ0v) is 10.4. The summed E-state index contributed by atoms with van der Waals surface area (Å²) >= 11 is 0. The summed E-state index contributed by atoms with van der Waals surface area (Å²) in [5.74, 6) is 0. The van der Waals surface area contributed by atoms with E-state index in [-0.39, 0.29) is 0 Å². The fraction of sp³-hybridized carbons (Fsp3) is 0.467. The van der Waals surface area contributed by atoms with Gasteiger partial charge in [-0.1, -0.05) is 32.3 Å². The maximum absolute atomic E-state index is 2.33. The molecule has 1 heteroatoms. The Bertz CT molecular complexity index is 453. The van der Waals surface area contributed by atoms with Crippen LogP contribution in [0.1, 0.15) is 43.9 Å².